The van der Waals surface area contributed by atoms with Gasteiger partial charge in [0.2, 0.25) is 0 Å². The maximum absolute atomic E-state index is 5.02. The smallest absolute Gasteiger partial charge is 0.137 e. The van der Waals surface area contributed by atoms with Gasteiger partial charge in [0.1, 0.15) is 11.5 Å². The van der Waals surface area contributed by atoms with Gasteiger partial charge in [-0.1, -0.05) is 12.6 Å². The Labute approximate surface area is 72.9 Å². The van der Waals surface area contributed by atoms with Crippen molar-refractivity contribution in [1.82, 2.24) is 4.98 Å². The maximum Gasteiger partial charge on any atom is 0.137 e. The second kappa shape index (κ2) is 3.39. The van der Waals surface area contributed by atoms with E-state index in [2.05, 4.69) is 11.6 Å². The molecule has 0 bridgehead atoms. The van der Waals surface area contributed by atoms with Crippen molar-refractivity contribution < 1.29 is 4.74 Å². The molecule has 64 valence electrons. The minimum Gasteiger partial charge on any atom is -0.495 e. The SMILES string of the molecule is C=C(OC)c1nc(C)ccc1C. The summed E-state index contributed by atoms with van der Waals surface area (Å²) in [6.07, 6.45) is 0. The third-order valence-electron chi connectivity index (χ3n) is 1.75. The van der Waals surface area contributed by atoms with Gasteiger partial charge in [-0.3, -0.25) is 0 Å². The van der Waals surface area contributed by atoms with Gasteiger partial charge in [-0.15, -0.1) is 0 Å². The van der Waals surface area contributed by atoms with E-state index in [9.17, 15) is 0 Å². The number of methoxy groups -OCH3 is 1. The normalized spacial score (nSPS) is 9.58. The molecular weight excluding hydrogens is 150 g/mol. The lowest BCUT2D eigenvalue weighted by molar-refractivity contribution is 0.369. The summed E-state index contributed by atoms with van der Waals surface area (Å²) in [4.78, 5) is 4.32. The summed E-state index contributed by atoms with van der Waals surface area (Å²) in [7, 11) is 1.60. The molecule has 0 aromatic carbocycles. The molecule has 0 saturated carbocycles. The van der Waals surface area contributed by atoms with Gasteiger partial charge in [0.25, 0.3) is 0 Å². The summed E-state index contributed by atoms with van der Waals surface area (Å²) in [5, 5.41) is 0. The molecule has 12 heavy (non-hydrogen) atoms. The standard InChI is InChI=1S/C10H13NO/c1-7-5-6-8(2)11-10(7)9(3)12-4/h5-6H,3H2,1-2,4H3. The van der Waals surface area contributed by atoms with Crippen LogP contribution in [0.1, 0.15) is 17.0 Å². The molecule has 0 radical (unpaired) electrons. The highest BCUT2D eigenvalue weighted by atomic mass is 16.5. The number of nitrogens with zero attached hydrogens (tertiary/aromatic N) is 1. The molecule has 1 rings (SSSR count). The van der Waals surface area contributed by atoms with Crippen molar-refractivity contribution in [3.05, 3.63) is 35.7 Å². The Morgan fingerprint density at radius 1 is 1.42 bits per heavy atom. The largest absolute Gasteiger partial charge is 0.495 e. The van der Waals surface area contributed by atoms with Crippen molar-refractivity contribution in [2.45, 2.75) is 13.8 Å². The zero-order chi connectivity index (χ0) is 9.14. The van der Waals surface area contributed by atoms with Gasteiger partial charge < -0.3 is 4.74 Å². The van der Waals surface area contributed by atoms with Crippen LogP contribution < -0.4 is 0 Å². The zero-order valence-corrected chi connectivity index (χ0v) is 7.72. The van der Waals surface area contributed by atoms with Crippen molar-refractivity contribution in [2.75, 3.05) is 7.11 Å². The summed E-state index contributed by atoms with van der Waals surface area (Å²) in [6.45, 7) is 7.70. The maximum atomic E-state index is 5.02. The van der Waals surface area contributed by atoms with Crippen molar-refractivity contribution in [3.63, 3.8) is 0 Å². The Hall–Kier alpha value is -1.31. The van der Waals surface area contributed by atoms with E-state index in [1.54, 1.807) is 7.11 Å². The predicted molar refractivity (Wildman–Crippen MR) is 49.8 cm³/mol. The number of pyridine rings is 1. The molecular formula is C10H13NO. The first-order valence-electron chi connectivity index (χ1n) is 3.82. The fourth-order valence-corrected chi connectivity index (χ4v) is 1.01. The van der Waals surface area contributed by atoms with Crippen molar-refractivity contribution in [2.24, 2.45) is 0 Å². The van der Waals surface area contributed by atoms with Gasteiger partial charge >= 0.3 is 0 Å². The number of hydrogen-bond acceptors (Lipinski definition) is 2. The van der Waals surface area contributed by atoms with Crippen molar-refractivity contribution in [1.29, 1.82) is 0 Å². The molecule has 0 N–H and O–H groups in total. The van der Waals surface area contributed by atoms with E-state index in [0.717, 1.165) is 17.0 Å². The van der Waals surface area contributed by atoms with E-state index in [4.69, 9.17) is 4.74 Å². The Bertz CT molecular complexity index is 305. The quantitative estimate of drug-likeness (QED) is 0.624. The molecule has 1 aromatic rings. The van der Waals surface area contributed by atoms with E-state index < -0.39 is 0 Å². The van der Waals surface area contributed by atoms with Crippen LogP contribution in [0, 0.1) is 13.8 Å². The monoisotopic (exact) mass is 163 g/mol. The molecule has 0 aliphatic heterocycles. The van der Waals surface area contributed by atoms with E-state index in [0.29, 0.717) is 5.76 Å². The molecule has 0 spiro atoms. The van der Waals surface area contributed by atoms with Crippen molar-refractivity contribution >= 4 is 5.76 Å². The van der Waals surface area contributed by atoms with Gasteiger partial charge in [-0.25, -0.2) is 4.98 Å². The van der Waals surface area contributed by atoms with Gasteiger partial charge in [0.15, 0.2) is 0 Å². The van der Waals surface area contributed by atoms with Gasteiger partial charge in [0, 0.05) is 5.69 Å². The van der Waals surface area contributed by atoms with Crippen molar-refractivity contribution in [3.8, 4) is 0 Å². The number of aryl methyl sites for hydroxylation is 2. The van der Waals surface area contributed by atoms with E-state index in [1.165, 1.54) is 0 Å². The van der Waals surface area contributed by atoms with E-state index in [1.807, 2.05) is 26.0 Å². The summed E-state index contributed by atoms with van der Waals surface area (Å²) in [6, 6.07) is 3.99. The average molecular weight is 163 g/mol. The molecule has 1 heterocycles. The van der Waals surface area contributed by atoms with Gasteiger partial charge in [-0.2, -0.15) is 0 Å². The van der Waals surface area contributed by atoms with E-state index >= 15 is 0 Å². The van der Waals surface area contributed by atoms with Crippen LogP contribution in [0.5, 0.6) is 0 Å². The topological polar surface area (TPSA) is 22.1 Å². The van der Waals surface area contributed by atoms with Crippen LogP contribution in [-0.4, -0.2) is 12.1 Å². The number of ether oxygens (including phenoxy) is 1. The molecule has 0 aliphatic carbocycles. The third kappa shape index (κ3) is 1.64. The molecule has 0 aliphatic rings. The summed E-state index contributed by atoms with van der Waals surface area (Å²) in [5.41, 5.74) is 2.92. The molecule has 0 fully saturated rings. The minimum atomic E-state index is 0.621. The lowest BCUT2D eigenvalue weighted by Crippen LogP contribution is -1.95. The van der Waals surface area contributed by atoms with Crippen LogP contribution in [0.4, 0.5) is 0 Å². The average Bonchev–Trinajstić information content (AvgIpc) is 2.08. The highest BCUT2D eigenvalue weighted by molar-refractivity contribution is 5.56. The van der Waals surface area contributed by atoms with Crippen LogP contribution in [0.15, 0.2) is 18.7 Å². The van der Waals surface area contributed by atoms with Crippen LogP contribution in [-0.2, 0) is 4.74 Å². The zero-order valence-electron chi connectivity index (χ0n) is 7.72. The first-order chi connectivity index (χ1) is 5.65. The van der Waals surface area contributed by atoms with E-state index in [-0.39, 0.29) is 0 Å². The first-order valence-corrected chi connectivity index (χ1v) is 3.82. The summed E-state index contributed by atoms with van der Waals surface area (Å²) < 4.78 is 5.02. The Morgan fingerprint density at radius 3 is 2.67 bits per heavy atom. The lowest BCUT2D eigenvalue weighted by Gasteiger charge is -2.06. The second-order valence-electron chi connectivity index (χ2n) is 2.75. The fraction of sp³-hybridized carbons (Fsp3) is 0.300. The number of hydrogen-bond donors (Lipinski definition) is 0. The van der Waals surface area contributed by atoms with Crippen LogP contribution in [0.25, 0.3) is 5.76 Å². The van der Waals surface area contributed by atoms with Gasteiger partial charge in [-0.05, 0) is 25.5 Å². The first kappa shape index (κ1) is 8.78. The molecule has 0 saturated heterocycles. The Kier molecular flexibility index (Phi) is 2.48. The lowest BCUT2D eigenvalue weighted by atomic mass is 10.2. The molecule has 2 heteroatoms. The Balaban J connectivity index is 3.13. The Morgan fingerprint density at radius 2 is 2.08 bits per heavy atom. The molecule has 0 atom stereocenters. The number of rotatable bonds is 2. The molecule has 0 amide bonds. The minimum absolute atomic E-state index is 0.621. The molecule has 2 nitrogen and oxygen atoms in total. The highest BCUT2D eigenvalue weighted by Crippen LogP contribution is 2.15. The van der Waals surface area contributed by atoms with Gasteiger partial charge in [0.05, 0.1) is 7.11 Å². The highest BCUT2D eigenvalue weighted by Gasteiger charge is 2.03. The fourth-order valence-electron chi connectivity index (χ4n) is 1.01. The summed E-state index contributed by atoms with van der Waals surface area (Å²) in [5.74, 6) is 0.621. The molecule has 0 unspecified atom stereocenters. The van der Waals surface area contributed by atoms with Crippen LogP contribution in [0.3, 0.4) is 0 Å². The predicted octanol–water partition coefficient (Wildman–Crippen LogP) is 2.32. The second-order valence-corrected chi connectivity index (χ2v) is 2.75. The summed E-state index contributed by atoms with van der Waals surface area (Å²) >= 11 is 0. The third-order valence-corrected chi connectivity index (χ3v) is 1.75. The number of aromatic nitrogens is 1. The molecule has 1 aromatic heterocycles. The van der Waals surface area contributed by atoms with Crippen LogP contribution >= 0.6 is 0 Å². The van der Waals surface area contributed by atoms with Crippen LogP contribution in [0.2, 0.25) is 0 Å².